The number of thioether (sulfide) groups is 1. The van der Waals surface area contributed by atoms with Gasteiger partial charge in [0, 0.05) is 107 Å². The molecule has 9 aromatic rings. The third-order valence-corrected chi connectivity index (χ3v) is 22.3. The number of thiophene rings is 6. The Labute approximate surface area is 493 Å². The maximum atomic E-state index is 12.8. The maximum absolute atomic E-state index is 12.8. The predicted octanol–water partition coefficient (Wildman–Crippen LogP) is 16.2. The van der Waals surface area contributed by atoms with Gasteiger partial charge in [-0.1, -0.05) is 72.6 Å². The van der Waals surface area contributed by atoms with E-state index in [0.29, 0.717) is 20.6 Å². The molecule has 0 aliphatic carbocycles. The molecule has 3 saturated heterocycles. The van der Waals surface area contributed by atoms with Gasteiger partial charge in [-0.05, 0) is 144 Å². The van der Waals surface area contributed by atoms with Crippen LogP contribution in [-0.4, -0.2) is 79.4 Å². The van der Waals surface area contributed by atoms with Crippen LogP contribution in [0.5, 0.6) is 0 Å². The molecule has 0 atom stereocenters. The van der Waals surface area contributed by atoms with E-state index in [1.165, 1.54) is 28.0 Å². The number of hydrogen-bond donors (Lipinski definition) is 1. The van der Waals surface area contributed by atoms with Crippen molar-refractivity contribution in [2.45, 2.75) is 12.8 Å². The number of thiocarbonyl (C=S) groups is 2. The number of anilines is 3. The van der Waals surface area contributed by atoms with Gasteiger partial charge in [0.1, 0.15) is 10.9 Å². The van der Waals surface area contributed by atoms with Crippen molar-refractivity contribution in [1.29, 1.82) is 0 Å². The number of carboxylic acid groups (broad SMARTS) is 1. The Morgan fingerprint density at radius 1 is 0.481 bits per heavy atom. The van der Waals surface area contributed by atoms with Gasteiger partial charge in [0.25, 0.3) is 17.7 Å². The number of likely N-dealkylation sites (N-methyl/N-ethyl adjacent to an activating group) is 2. The van der Waals surface area contributed by atoms with Gasteiger partial charge < -0.3 is 14.9 Å². The number of hydrogen-bond acceptors (Lipinski definition) is 15. The number of likely N-dealkylation sites (tertiary alicyclic amines) is 2. The second kappa shape index (κ2) is 21.9. The molecule has 0 bridgehead atoms. The standard InChI is InChI=1S/C60H40N4O6S9/c1-61-55(71)30-37(57(61)68)28-42-16-19-48(74-42)51-25-22-45(77-51)34-5-11-39(12-6-34)64(40-13-7-35(8-14-40)46-23-26-52(78-46)49-20-17-43(75-49)31-53-59(70)62(2)60(72)79-53)38-9-3-33(4-10-38)44-21-24-50(76-44)47-18-15-41(73-47)27-36-29-54(65)63(58(36)69)32-56(66)67/h3-28,31H,29-30,32H2,1-2H3,(H,66,67)/b36-27-,37-28+,53-31+. The Balaban J connectivity index is 0.799. The van der Waals surface area contributed by atoms with Gasteiger partial charge in [0.05, 0.1) is 16.3 Å². The van der Waals surface area contributed by atoms with Crippen LogP contribution in [0.3, 0.4) is 0 Å². The lowest BCUT2D eigenvalue weighted by molar-refractivity contribution is -0.148. The SMILES string of the molecule is CN1C(=O)/C(=C/c2ccc(-c3ccc(-c4ccc(N(c5ccc(-c6ccc(-c7ccc(/C=C8/CC(=O)N(CC(=O)O)C8=O)s7)s6)cc5)c5ccc(-c6ccc(-c7ccc(/C=C8/SC(=S)N(C)C8=O)s7)s6)cc5)cc4)s3)s2)CC1=S. The summed E-state index contributed by atoms with van der Waals surface area (Å²) >= 11 is 22.0. The molecule has 3 aliphatic rings. The van der Waals surface area contributed by atoms with Crippen molar-refractivity contribution in [3.63, 3.8) is 0 Å². The highest BCUT2D eigenvalue weighted by atomic mass is 32.2. The van der Waals surface area contributed by atoms with Gasteiger partial charge in [-0.3, -0.25) is 33.8 Å². The Morgan fingerprint density at radius 3 is 1.24 bits per heavy atom. The van der Waals surface area contributed by atoms with Crippen molar-refractivity contribution in [2.24, 2.45) is 0 Å². The van der Waals surface area contributed by atoms with Crippen molar-refractivity contribution in [3.05, 3.63) is 176 Å². The summed E-state index contributed by atoms with van der Waals surface area (Å²) in [4.78, 5) is 82.0. The molecule has 3 aliphatic heterocycles. The number of amides is 4. The molecule has 1 N–H and O–H groups in total. The lowest BCUT2D eigenvalue weighted by Crippen LogP contribution is -2.34. The van der Waals surface area contributed by atoms with E-state index in [1.807, 2.05) is 30.4 Å². The molecule has 79 heavy (non-hydrogen) atoms. The average molecular weight is 1200 g/mol. The zero-order valence-corrected chi connectivity index (χ0v) is 49.0. The van der Waals surface area contributed by atoms with Gasteiger partial charge in [-0.2, -0.15) is 0 Å². The molecule has 12 rings (SSSR count). The quantitative estimate of drug-likeness (QED) is 0.0640. The normalized spacial score (nSPS) is 16.4. The molecule has 10 nitrogen and oxygen atoms in total. The summed E-state index contributed by atoms with van der Waals surface area (Å²) in [5, 5.41) is 9.16. The molecule has 4 amide bonds. The number of rotatable bonds is 14. The largest absolute Gasteiger partial charge is 0.480 e. The Kier molecular flexibility index (Phi) is 14.6. The first-order valence-corrected chi connectivity index (χ1v) is 30.9. The molecular formula is C60H40N4O6S9. The Bertz CT molecular complexity index is 3900. The van der Waals surface area contributed by atoms with Gasteiger partial charge in [0.2, 0.25) is 5.91 Å². The highest BCUT2D eigenvalue weighted by molar-refractivity contribution is 8.26. The number of imide groups is 1. The van der Waals surface area contributed by atoms with E-state index in [1.54, 1.807) is 81.8 Å². The van der Waals surface area contributed by atoms with E-state index in [-0.39, 0.29) is 23.8 Å². The summed E-state index contributed by atoms with van der Waals surface area (Å²) in [5.41, 5.74) is 7.27. The minimum Gasteiger partial charge on any atom is -0.480 e. The summed E-state index contributed by atoms with van der Waals surface area (Å²) in [6, 6.07) is 51.0. The van der Waals surface area contributed by atoms with Gasteiger partial charge >= 0.3 is 5.97 Å². The molecule has 390 valence electrons. The van der Waals surface area contributed by atoms with Gasteiger partial charge in [-0.25, -0.2) is 0 Å². The van der Waals surface area contributed by atoms with Crippen molar-refractivity contribution >= 4 is 178 Å². The first-order valence-electron chi connectivity index (χ1n) is 24.4. The number of carbonyl (C=O) groups is 5. The Morgan fingerprint density at radius 2 is 0.861 bits per heavy atom. The lowest BCUT2D eigenvalue weighted by Gasteiger charge is -2.26. The van der Waals surface area contributed by atoms with Crippen LogP contribution >= 0.6 is 104 Å². The van der Waals surface area contributed by atoms with Crippen LogP contribution in [0.1, 0.15) is 27.5 Å². The zero-order chi connectivity index (χ0) is 54.6. The average Bonchev–Trinajstić information content (AvgIpc) is 4.36. The molecule has 0 spiro atoms. The number of aliphatic carboxylic acids is 1. The van der Waals surface area contributed by atoms with Crippen LogP contribution < -0.4 is 4.90 Å². The molecule has 3 fully saturated rings. The van der Waals surface area contributed by atoms with Crippen LogP contribution in [0.15, 0.2) is 162 Å². The summed E-state index contributed by atoms with van der Waals surface area (Å²) in [6.07, 6.45) is 5.94. The summed E-state index contributed by atoms with van der Waals surface area (Å²) in [7, 11) is 3.43. The van der Waals surface area contributed by atoms with E-state index in [0.717, 1.165) is 103 Å². The van der Waals surface area contributed by atoms with E-state index < -0.39 is 24.3 Å². The minimum atomic E-state index is -1.23. The van der Waals surface area contributed by atoms with Gasteiger partial charge in [0.15, 0.2) is 0 Å². The fourth-order valence-corrected chi connectivity index (χ4v) is 16.9. The highest BCUT2D eigenvalue weighted by Gasteiger charge is 2.35. The fourth-order valence-electron chi connectivity index (χ4n) is 9.18. The highest BCUT2D eigenvalue weighted by Crippen LogP contribution is 2.45. The van der Waals surface area contributed by atoms with Crippen molar-refractivity contribution in [2.75, 3.05) is 25.5 Å². The van der Waals surface area contributed by atoms with E-state index in [2.05, 4.69) is 132 Å². The molecular weight excluding hydrogens is 1160 g/mol. The van der Waals surface area contributed by atoms with Crippen LogP contribution in [0.2, 0.25) is 0 Å². The molecule has 0 saturated carbocycles. The topological polar surface area (TPSA) is 119 Å². The molecule has 9 heterocycles. The van der Waals surface area contributed by atoms with Crippen molar-refractivity contribution < 1.29 is 29.1 Å². The van der Waals surface area contributed by atoms with Crippen LogP contribution in [0.4, 0.5) is 17.1 Å². The second-order valence-electron chi connectivity index (χ2n) is 18.4. The summed E-state index contributed by atoms with van der Waals surface area (Å²) < 4.78 is 0.563. The third-order valence-electron chi connectivity index (χ3n) is 13.3. The number of carboxylic acids is 1. The molecule has 0 radical (unpaired) electrons. The zero-order valence-electron chi connectivity index (χ0n) is 41.7. The fraction of sp³-hybridized carbons (Fsp3) is 0.0833. The number of nitrogens with zero attached hydrogens (tertiary/aromatic N) is 4. The minimum absolute atomic E-state index is 0.0350. The van der Waals surface area contributed by atoms with Crippen LogP contribution in [0, 0.1) is 0 Å². The number of benzene rings is 3. The third kappa shape index (κ3) is 10.8. The molecule has 0 unspecified atom stereocenters. The summed E-state index contributed by atoms with van der Waals surface area (Å²) in [5.74, 6) is -2.40. The van der Waals surface area contributed by atoms with Crippen molar-refractivity contribution in [3.8, 4) is 60.6 Å². The van der Waals surface area contributed by atoms with Gasteiger partial charge in [-0.15, -0.1) is 68.0 Å². The maximum Gasteiger partial charge on any atom is 0.323 e. The lowest BCUT2D eigenvalue weighted by atomic mass is 10.1. The van der Waals surface area contributed by atoms with Crippen LogP contribution in [0.25, 0.3) is 78.8 Å². The van der Waals surface area contributed by atoms with Crippen LogP contribution in [-0.2, 0) is 24.0 Å². The first kappa shape index (κ1) is 52.6. The summed E-state index contributed by atoms with van der Waals surface area (Å²) in [6.45, 7) is -0.643. The first-order chi connectivity index (χ1) is 38.2. The molecule has 3 aromatic carbocycles. The number of carbonyl (C=O) groups excluding carboxylic acids is 4. The van der Waals surface area contributed by atoms with E-state index in [9.17, 15) is 24.0 Å². The molecule has 19 heteroatoms. The van der Waals surface area contributed by atoms with E-state index in [4.69, 9.17) is 29.5 Å². The monoisotopic (exact) mass is 1200 g/mol. The predicted molar refractivity (Wildman–Crippen MR) is 337 cm³/mol. The molecule has 6 aromatic heterocycles. The van der Waals surface area contributed by atoms with E-state index >= 15 is 0 Å². The van der Waals surface area contributed by atoms with Crippen molar-refractivity contribution in [1.82, 2.24) is 14.7 Å². The Hall–Kier alpha value is -7.04. The second-order valence-corrected chi connectivity index (χ2v) is 27.2. The smallest absolute Gasteiger partial charge is 0.323 e.